The molecular weight excluding hydrogens is 401 g/mol. The van der Waals surface area contributed by atoms with Crippen molar-refractivity contribution in [1.82, 2.24) is 15.0 Å². The van der Waals surface area contributed by atoms with Crippen LogP contribution in [0.15, 0.2) is 40.2 Å². The predicted octanol–water partition coefficient (Wildman–Crippen LogP) is 5.84. The van der Waals surface area contributed by atoms with Crippen molar-refractivity contribution in [3.05, 3.63) is 57.2 Å². The SMILES string of the molecule is CN1[C@@H]2CC[C@H]1[C@@H](c1nc(-c3cccs3)no1)[C@H](c1ccc(Cl)c(Cl)c1)C2. The minimum atomic E-state index is 0.159. The number of halogens is 2. The van der Waals surface area contributed by atoms with E-state index in [-0.39, 0.29) is 5.92 Å². The average Bonchev–Trinajstić information content (AvgIpc) is 3.38. The third kappa shape index (κ3) is 3.01. The maximum Gasteiger partial charge on any atom is 0.232 e. The number of nitrogens with zero attached hydrogens (tertiary/aromatic N) is 3. The van der Waals surface area contributed by atoms with E-state index in [1.165, 1.54) is 12.0 Å². The van der Waals surface area contributed by atoms with E-state index in [2.05, 4.69) is 23.2 Å². The molecular formula is C20H19Cl2N3OS. The van der Waals surface area contributed by atoms with Crippen LogP contribution >= 0.6 is 34.5 Å². The first-order valence-electron chi connectivity index (χ1n) is 9.16. The fourth-order valence-corrected chi connectivity index (χ4v) is 5.72. The number of hydrogen-bond acceptors (Lipinski definition) is 5. The summed E-state index contributed by atoms with van der Waals surface area (Å²) in [5.74, 6) is 1.86. The van der Waals surface area contributed by atoms with E-state index >= 15 is 0 Å². The van der Waals surface area contributed by atoms with E-state index in [0.29, 0.717) is 33.9 Å². The van der Waals surface area contributed by atoms with Gasteiger partial charge in [-0.25, -0.2) is 0 Å². The zero-order valence-corrected chi connectivity index (χ0v) is 17.1. The zero-order valence-electron chi connectivity index (χ0n) is 14.8. The number of thiophene rings is 1. The molecule has 7 heteroatoms. The summed E-state index contributed by atoms with van der Waals surface area (Å²) < 4.78 is 5.79. The Morgan fingerprint density at radius 1 is 1.19 bits per heavy atom. The molecule has 4 heterocycles. The summed E-state index contributed by atoms with van der Waals surface area (Å²) in [7, 11) is 2.22. The van der Waals surface area contributed by atoms with Crippen LogP contribution in [0.5, 0.6) is 0 Å². The van der Waals surface area contributed by atoms with E-state index in [9.17, 15) is 0 Å². The fourth-order valence-electron chi connectivity index (χ4n) is 4.77. The van der Waals surface area contributed by atoms with E-state index in [0.717, 1.165) is 23.6 Å². The Kier molecular flexibility index (Phi) is 4.51. The number of likely N-dealkylation sites (N-methyl/N-ethyl adjacent to an activating group) is 1. The van der Waals surface area contributed by atoms with Crippen LogP contribution in [-0.2, 0) is 0 Å². The number of rotatable bonds is 3. The van der Waals surface area contributed by atoms with Gasteiger partial charge in [0.2, 0.25) is 11.7 Å². The van der Waals surface area contributed by atoms with Gasteiger partial charge in [-0.1, -0.05) is 40.5 Å². The molecule has 3 aromatic rings. The first kappa shape index (κ1) is 17.7. The minimum absolute atomic E-state index is 0.159. The Bertz CT molecular complexity index is 958. The van der Waals surface area contributed by atoms with E-state index in [1.807, 2.05) is 29.6 Å². The van der Waals surface area contributed by atoms with Crippen LogP contribution in [0.2, 0.25) is 10.0 Å². The standard InChI is InChI=1S/C20H19Cl2N3OS/c1-25-12-5-7-16(25)18(13(10-12)11-4-6-14(21)15(22)9-11)20-23-19(24-26-20)17-3-2-8-27-17/h2-4,6,8-9,12-13,16,18H,5,7,10H2,1H3/t12-,13+,16+,18+/m1/s1. The van der Waals surface area contributed by atoms with Gasteiger partial charge in [0, 0.05) is 12.1 Å². The number of aromatic nitrogens is 2. The second-order valence-corrected chi connectivity index (χ2v) is 9.20. The molecule has 27 heavy (non-hydrogen) atoms. The highest BCUT2D eigenvalue weighted by molar-refractivity contribution is 7.13. The van der Waals surface area contributed by atoms with Gasteiger partial charge in [-0.2, -0.15) is 4.98 Å². The fraction of sp³-hybridized carbons (Fsp3) is 0.400. The van der Waals surface area contributed by atoms with Crippen molar-refractivity contribution >= 4 is 34.5 Å². The lowest BCUT2D eigenvalue weighted by Crippen LogP contribution is -2.44. The van der Waals surface area contributed by atoms with Crippen molar-refractivity contribution < 1.29 is 4.52 Å². The van der Waals surface area contributed by atoms with Gasteiger partial charge in [-0.3, -0.25) is 4.90 Å². The molecule has 140 valence electrons. The van der Waals surface area contributed by atoms with Crippen LogP contribution < -0.4 is 0 Å². The van der Waals surface area contributed by atoms with Crippen molar-refractivity contribution in [2.45, 2.75) is 43.2 Å². The van der Waals surface area contributed by atoms with E-state index < -0.39 is 0 Å². The number of benzene rings is 1. The Labute approximate surface area is 172 Å². The van der Waals surface area contributed by atoms with Gasteiger partial charge in [-0.05, 0) is 61.4 Å². The highest BCUT2D eigenvalue weighted by Crippen LogP contribution is 2.51. The smallest absolute Gasteiger partial charge is 0.232 e. The molecule has 4 nitrogen and oxygen atoms in total. The summed E-state index contributed by atoms with van der Waals surface area (Å²) >= 11 is 14.1. The Morgan fingerprint density at radius 2 is 2.07 bits per heavy atom. The molecule has 5 rings (SSSR count). The van der Waals surface area contributed by atoms with E-state index in [1.54, 1.807) is 11.3 Å². The van der Waals surface area contributed by atoms with Crippen LogP contribution in [0, 0.1) is 0 Å². The Morgan fingerprint density at radius 3 is 2.85 bits per heavy atom. The third-order valence-electron chi connectivity index (χ3n) is 6.11. The van der Waals surface area contributed by atoms with Gasteiger partial charge in [0.05, 0.1) is 20.8 Å². The number of hydrogen-bond donors (Lipinski definition) is 0. The van der Waals surface area contributed by atoms with Gasteiger partial charge in [0.1, 0.15) is 0 Å². The van der Waals surface area contributed by atoms with Crippen LogP contribution in [0.3, 0.4) is 0 Å². The Hall–Kier alpha value is -1.40. The maximum atomic E-state index is 6.32. The molecule has 2 saturated heterocycles. The van der Waals surface area contributed by atoms with Gasteiger partial charge in [-0.15, -0.1) is 11.3 Å². The molecule has 2 fully saturated rings. The molecule has 0 spiro atoms. The highest BCUT2D eigenvalue weighted by atomic mass is 35.5. The van der Waals surface area contributed by atoms with Gasteiger partial charge in [0.25, 0.3) is 0 Å². The predicted molar refractivity (Wildman–Crippen MR) is 109 cm³/mol. The maximum absolute atomic E-state index is 6.32. The normalized spacial score (nSPS) is 28.0. The molecule has 0 amide bonds. The largest absolute Gasteiger partial charge is 0.339 e. The van der Waals surface area contributed by atoms with Crippen LogP contribution in [0.1, 0.15) is 42.6 Å². The van der Waals surface area contributed by atoms with Crippen LogP contribution in [0.4, 0.5) is 0 Å². The molecule has 2 bridgehead atoms. The molecule has 2 aliphatic rings. The summed E-state index contributed by atoms with van der Waals surface area (Å²) in [5.41, 5.74) is 1.20. The minimum Gasteiger partial charge on any atom is -0.339 e. The molecule has 1 aromatic carbocycles. The first-order valence-corrected chi connectivity index (χ1v) is 10.8. The van der Waals surface area contributed by atoms with Gasteiger partial charge in [0.15, 0.2) is 0 Å². The molecule has 0 N–H and O–H groups in total. The van der Waals surface area contributed by atoms with Crippen molar-refractivity contribution in [2.24, 2.45) is 0 Å². The number of fused-ring (bicyclic) bond motifs is 2. The summed E-state index contributed by atoms with van der Waals surface area (Å²) in [6.07, 6.45) is 3.42. The zero-order chi connectivity index (χ0) is 18.5. The third-order valence-corrected chi connectivity index (χ3v) is 7.71. The van der Waals surface area contributed by atoms with Crippen molar-refractivity contribution in [3.8, 4) is 10.7 Å². The first-order chi connectivity index (χ1) is 13.1. The lowest BCUT2D eigenvalue weighted by atomic mass is 9.76. The van der Waals surface area contributed by atoms with E-state index in [4.69, 9.17) is 32.7 Å². The summed E-state index contributed by atoms with van der Waals surface area (Å²) in [5, 5.41) is 7.48. The lowest BCUT2D eigenvalue weighted by molar-refractivity contribution is 0.120. The monoisotopic (exact) mass is 419 g/mol. The highest BCUT2D eigenvalue weighted by Gasteiger charge is 2.49. The van der Waals surface area contributed by atoms with Crippen molar-refractivity contribution in [2.75, 3.05) is 7.05 Å². The summed E-state index contributed by atoms with van der Waals surface area (Å²) in [4.78, 5) is 8.32. The molecule has 0 unspecified atom stereocenters. The molecule has 2 aromatic heterocycles. The number of piperidine rings is 1. The van der Waals surface area contributed by atoms with Gasteiger partial charge < -0.3 is 4.52 Å². The molecule has 0 radical (unpaired) electrons. The Balaban J connectivity index is 1.56. The summed E-state index contributed by atoms with van der Waals surface area (Å²) in [6, 6.07) is 11.0. The topological polar surface area (TPSA) is 42.2 Å². The van der Waals surface area contributed by atoms with Crippen molar-refractivity contribution in [3.63, 3.8) is 0 Å². The van der Waals surface area contributed by atoms with Crippen LogP contribution in [0.25, 0.3) is 10.7 Å². The van der Waals surface area contributed by atoms with Gasteiger partial charge >= 0.3 is 0 Å². The lowest BCUT2D eigenvalue weighted by Gasteiger charge is -2.41. The molecule has 4 atom stereocenters. The quantitative estimate of drug-likeness (QED) is 0.534. The second-order valence-electron chi connectivity index (χ2n) is 7.44. The summed E-state index contributed by atoms with van der Waals surface area (Å²) in [6.45, 7) is 0. The van der Waals surface area contributed by atoms with Crippen molar-refractivity contribution in [1.29, 1.82) is 0 Å². The second kappa shape index (κ2) is 6.89. The molecule has 0 aliphatic carbocycles. The molecule has 0 saturated carbocycles. The molecule has 2 aliphatic heterocycles. The average molecular weight is 420 g/mol. The van der Waals surface area contributed by atoms with Crippen LogP contribution in [-0.4, -0.2) is 34.2 Å².